The summed E-state index contributed by atoms with van der Waals surface area (Å²) in [5.41, 5.74) is 3.65. The number of aryl methyl sites for hydroxylation is 1. The number of nitrogens with one attached hydrogen (secondary N) is 1. The summed E-state index contributed by atoms with van der Waals surface area (Å²) in [6.45, 7) is 2.00. The van der Waals surface area contributed by atoms with Crippen molar-refractivity contribution in [2.24, 2.45) is 0 Å². The molecule has 1 heterocycles. The number of H-pyrrole nitrogens is 1. The number of benzene rings is 2. The number of fused-ring (bicyclic) bond motifs is 1. The zero-order valence-corrected chi connectivity index (χ0v) is 11.3. The molecule has 100 valence electrons. The number of aromatic nitrogens is 2. The lowest BCUT2D eigenvalue weighted by molar-refractivity contribution is 0.415. The largest absolute Gasteiger partial charge is 0.497 e. The van der Waals surface area contributed by atoms with Crippen LogP contribution >= 0.6 is 0 Å². The van der Waals surface area contributed by atoms with Gasteiger partial charge in [-0.3, -0.25) is 4.79 Å². The summed E-state index contributed by atoms with van der Waals surface area (Å²) in [6, 6.07) is 13.1. The van der Waals surface area contributed by atoms with Crippen LogP contribution in [0.5, 0.6) is 5.75 Å². The fourth-order valence-electron chi connectivity index (χ4n) is 2.14. The summed E-state index contributed by atoms with van der Waals surface area (Å²) in [6.07, 6.45) is 0. The van der Waals surface area contributed by atoms with Gasteiger partial charge in [-0.25, -0.2) is 4.98 Å². The highest BCUT2D eigenvalue weighted by molar-refractivity contribution is 5.77. The minimum Gasteiger partial charge on any atom is -0.497 e. The number of aromatic amines is 1. The van der Waals surface area contributed by atoms with Gasteiger partial charge in [-0.1, -0.05) is 6.07 Å². The molecule has 0 aliphatic heterocycles. The highest BCUT2D eigenvalue weighted by Gasteiger charge is 2.07. The van der Waals surface area contributed by atoms with Gasteiger partial charge in [-0.05, 0) is 48.9 Å². The average molecular weight is 266 g/mol. The maximum absolute atomic E-state index is 12.1. The molecule has 0 aliphatic carbocycles. The van der Waals surface area contributed by atoms with Crippen molar-refractivity contribution in [1.29, 1.82) is 0 Å². The van der Waals surface area contributed by atoms with Gasteiger partial charge < -0.3 is 9.72 Å². The Morgan fingerprint density at radius 1 is 1.10 bits per heavy atom. The molecule has 3 aromatic rings. The summed E-state index contributed by atoms with van der Waals surface area (Å²) < 4.78 is 5.11. The molecule has 0 radical (unpaired) electrons. The van der Waals surface area contributed by atoms with Crippen molar-refractivity contribution in [3.05, 3.63) is 58.4 Å². The van der Waals surface area contributed by atoms with Crippen LogP contribution in [0.1, 0.15) is 5.56 Å². The second kappa shape index (κ2) is 4.81. The lowest BCUT2D eigenvalue weighted by atomic mass is 10.1. The van der Waals surface area contributed by atoms with E-state index >= 15 is 0 Å². The zero-order chi connectivity index (χ0) is 14.1. The molecular weight excluding hydrogens is 252 g/mol. The van der Waals surface area contributed by atoms with Gasteiger partial charge in [0.1, 0.15) is 11.4 Å². The quantitative estimate of drug-likeness (QED) is 0.776. The van der Waals surface area contributed by atoms with E-state index in [2.05, 4.69) is 9.97 Å². The molecular formula is C16H14N2O2. The highest BCUT2D eigenvalue weighted by Crippen LogP contribution is 2.19. The fraction of sp³-hybridized carbons (Fsp3) is 0.125. The maximum atomic E-state index is 12.1. The predicted octanol–water partition coefficient (Wildman–Crippen LogP) is 2.91. The lowest BCUT2D eigenvalue weighted by Gasteiger charge is -2.05. The maximum Gasteiger partial charge on any atom is 0.274 e. The SMILES string of the molecule is COc1ccc(-c2nc3cc(C)ccc3[nH]c2=O)cc1. The minimum absolute atomic E-state index is 0.188. The molecule has 1 N–H and O–H groups in total. The van der Waals surface area contributed by atoms with Crippen LogP contribution in [0.2, 0.25) is 0 Å². The third-order valence-electron chi connectivity index (χ3n) is 3.21. The molecule has 0 saturated heterocycles. The van der Waals surface area contributed by atoms with Crippen molar-refractivity contribution in [1.82, 2.24) is 9.97 Å². The van der Waals surface area contributed by atoms with Crippen LogP contribution in [0.15, 0.2) is 47.3 Å². The molecule has 0 unspecified atom stereocenters. The number of nitrogens with zero attached hydrogens (tertiary/aromatic N) is 1. The van der Waals surface area contributed by atoms with E-state index in [1.165, 1.54) is 0 Å². The first-order valence-electron chi connectivity index (χ1n) is 6.32. The summed E-state index contributed by atoms with van der Waals surface area (Å²) in [7, 11) is 1.61. The van der Waals surface area contributed by atoms with Gasteiger partial charge >= 0.3 is 0 Å². The molecule has 4 heteroatoms. The Balaban J connectivity index is 2.19. The smallest absolute Gasteiger partial charge is 0.274 e. The molecule has 0 fully saturated rings. The van der Waals surface area contributed by atoms with Crippen molar-refractivity contribution < 1.29 is 4.74 Å². The molecule has 0 bridgehead atoms. The molecule has 0 saturated carbocycles. The van der Waals surface area contributed by atoms with Crippen LogP contribution < -0.4 is 10.3 Å². The van der Waals surface area contributed by atoms with Gasteiger partial charge in [-0.15, -0.1) is 0 Å². The predicted molar refractivity (Wildman–Crippen MR) is 79.1 cm³/mol. The Morgan fingerprint density at radius 3 is 2.55 bits per heavy atom. The van der Waals surface area contributed by atoms with Crippen LogP contribution in [0.3, 0.4) is 0 Å². The van der Waals surface area contributed by atoms with Crippen LogP contribution in [-0.2, 0) is 0 Å². The second-order valence-corrected chi connectivity index (χ2v) is 4.66. The molecule has 4 nitrogen and oxygen atoms in total. The molecule has 0 amide bonds. The Kier molecular flexibility index (Phi) is 2.99. The Labute approximate surface area is 116 Å². The van der Waals surface area contributed by atoms with Gasteiger partial charge in [0.25, 0.3) is 5.56 Å². The first kappa shape index (κ1) is 12.4. The van der Waals surface area contributed by atoms with Crippen LogP contribution in [0, 0.1) is 6.92 Å². The van der Waals surface area contributed by atoms with Gasteiger partial charge in [-0.2, -0.15) is 0 Å². The minimum atomic E-state index is -0.188. The van der Waals surface area contributed by atoms with Gasteiger partial charge in [0.05, 0.1) is 18.1 Å². The normalized spacial score (nSPS) is 10.7. The van der Waals surface area contributed by atoms with E-state index in [0.717, 1.165) is 27.9 Å². The summed E-state index contributed by atoms with van der Waals surface area (Å²) >= 11 is 0. The van der Waals surface area contributed by atoms with E-state index in [4.69, 9.17) is 4.74 Å². The standard InChI is InChI=1S/C16H14N2O2/c1-10-3-8-13-14(9-10)17-15(16(19)18-13)11-4-6-12(20-2)7-5-11/h3-9H,1-2H3,(H,18,19). The molecule has 0 spiro atoms. The Morgan fingerprint density at radius 2 is 1.85 bits per heavy atom. The van der Waals surface area contributed by atoms with E-state index in [1.807, 2.05) is 49.4 Å². The Hall–Kier alpha value is -2.62. The number of rotatable bonds is 2. The average Bonchev–Trinajstić information content (AvgIpc) is 2.47. The van der Waals surface area contributed by atoms with Crippen molar-refractivity contribution in [3.8, 4) is 17.0 Å². The van der Waals surface area contributed by atoms with Crippen molar-refractivity contribution in [3.63, 3.8) is 0 Å². The molecule has 3 rings (SSSR count). The van der Waals surface area contributed by atoms with Crippen molar-refractivity contribution in [2.45, 2.75) is 6.92 Å². The topological polar surface area (TPSA) is 55.0 Å². The van der Waals surface area contributed by atoms with E-state index < -0.39 is 0 Å². The molecule has 2 aromatic carbocycles. The van der Waals surface area contributed by atoms with E-state index in [-0.39, 0.29) is 5.56 Å². The third-order valence-corrected chi connectivity index (χ3v) is 3.21. The van der Waals surface area contributed by atoms with E-state index in [1.54, 1.807) is 7.11 Å². The zero-order valence-electron chi connectivity index (χ0n) is 11.3. The van der Waals surface area contributed by atoms with E-state index in [0.29, 0.717) is 5.69 Å². The van der Waals surface area contributed by atoms with Gasteiger partial charge in [0, 0.05) is 5.56 Å². The summed E-state index contributed by atoms with van der Waals surface area (Å²) in [5, 5.41) is 0. The Bertz CT molecular complexity index is 820. The number of methoxy groups -OCH3 is 1. The first-order valence-corrected chi connectivity index (χ1v) is 6.32. The number of ether oxygens (including phenoxy) is 1. The second-order valence-electron chi connectivity index (χ2n) is 4.66. The van der Waals surface area contributed by atoms with Crippen molar-refractivity contribution in [2.75, 3.05) is 7.11 Å². The monoisotopic (exact) mass is 266 g/mol. The number of hydrogen-bond donors (Lipinski definition) is 1. The van der Waals surface area contributed by atoms with Crippen molar-refractivity contribution >= 4 is 11.0 Å². The first-order chi connectivity index (χ1) is 9.67. The molecule has 20 heavy (non-hydrogen) atoms. The van der Waals surface area contributed by atoms with Crippen LogP contribution in [0.4, 0.5) is 0 Å². The number of hydrogen-bond acceptors (Lipinski definition) is 3. The molecule has 0 atom stereocenters. The van der Waals surface area contributed by atoms with Crippen LogP contribution in [0.25, 0.3) is 22.3 Å². The molecule has 1 aromatic heterocycles. The fourth-order valence-corrected chi connectivity index (χ4v) is 2.14. The molecule has 0 aliphatic rings. The van der Waals surface area contributed by atoms with Gasteiger partial charge in [0.15, 0.2) is 0 Å². The summed E-state index contributed by atoms with van der Waals surface area (Å²) in [5.74, 6) is 0.752. The highest BCUT2D eigenvalue weighted by atomic mass is 16.5. The third kappa shape index (κ3) is 2.16. The summed E-state index contributed by atoms with van der Waals surface area (Å²) in [4.78, 5) is 19.5. The van der Waals surface area contributed by atoms with E-state index in [9.17, 15) is 4.79 Å². The lowest BCUT2D eigenvalue weighted by Crippen LogP contribution is -2.11. The van der Waals surface area contributed by atoms with Crippen LogP contribution in [-0.4, -0.2) is 17.1 Å². The van der Waals surface area contributed by atoms with Gasteiger partial charge in [0.2, 0.25) is 0 Å².